The van der Waals surface area contributed by atoms with Crippen molar-refractivity contribution >= 4 is 27.8 Å². The van der Waals surface area contributed by atoms with E-state index in [-0.39, 0.29) is 5.41 Å². The molecule has 5 heteroatoms. The highest BCUT2D eigenvalue weighted by Crippen LogP contribution is 2.42. The lowest BCUT2D eigenvalue weighted by molar-refractivity contribution is 0.317. The Kier molecular flexibility index (Phi) is 2.82. The Morgan fingerprint density at radius 2 is 2.04 bits per heavy atom. The van der Waals surface area contributed by atoms with Crippen LogP contribution in [0.5, 0.6) is 0 Å². The van der Waals surface area contributed by atoms with Crippen molar-refractivity contribution in [1.82, 2.24) is 20.2 Å². The molecule has 0 atom stereocenters. The van der Waals surface area contributed by atoms with Gasteiger partial charge in [-0.15, -0.1) is 0 Å². The molecule has 5 rings (SSSR count). The summed E-state index contributed by atoms with van der Waals surface area (Å²) in [5.74, 6) is 0.629. The van der Waals surface area contributed by atoms with Crippen molar-refractivity contribution in [2.45, 2.75) is 33.1 Å². The zero-order valence-electron chi connectivity index (χ0n) is 14.5. The number of aromatic nitrogens is 4. The van der Waals surface area contributed by atoms with Gasteiger partial charge in [0.2, 0.25) is 0 Å². The maximum Gasteiger partial charge on any atom is 0.183 e. The third-order valence-electron chi connectivity index (χ3n) is 5.48. The van der Waals surface area contributed by atoms with Gasteiger partial charge in [0, 0.05) is 22.7 Å². The molecule has 0 radical (unpaired) electrons. The van der Waals surface area contributed by atoms with Gasteiger partial charge in [0.05, 0.1) is 11.1 Å². The van der Waals surface area contributed by atoms with Gasteiger partial charge < -0.3 is 10.7 Å². The van der Waals surface area contributed by atoms with E-state index in [0.717, 1.165) is 47.1 Å². The maximum absolute atomic E-state index is 6.18. The molecule has 0 saturated heterocycles. The zero-order chi connectivity index (χ0) is 17.2. The van der Waals surface area contributed by atoms with Crippen molar-refractivity contribution < 1.29 is 0 Å². The van der Waals surface area contributed by atoms with Crippen LogP contribution in [0.2, 0.25) is 0 Å². The molecular weight excluding hydrogens is 310 g/mol. The van der Waals surface area contributed by atoms with Crippen LogP contribution >= 0.6 is 0 Å². The first-order chi connectivity index (χ1) is 12.0. The van der Waals surface area contributed by atoms with E-state index in [2.05, 4.69) is 53.3 Å². The molecule has 0 saturated carbocycles. The average molecular weight is 331 g/mol. The van der Waals surface area contributed by atoms with Crippen LogP contribution in [0.4, 0.5) is 5.82 Å². The summed E-state index contributed by atoms with van der Waals surface area (Å²) in [7, 11) is 0. The molecule has 3 aromatic heterocycles. The maximum atomic E-state index is 6.18. The van der Waals surface area contributed by atoms with Crippen LogP contribution in [0.15, 0.2) is 30.5 Å². The van der Waals surface area contributed by atoms with Gasteiger partial charge in [-0.05, 0) is 54.0 Å². The molecule has 1 aromatic carbocycles. The Balaban J connectivity index is 1.81. The molecule has 1 aliphatic rings. The number of hydrogen-bond acceptors (Lipinski definition) is 3. The lowest BCUT2D eigenvalue weighted by Crippen LogP contribution is -2.23. The van der Waals surface area contributed by atoms with Crippen molar-refractivity contribution in [2.24, 2.45) is 5.41 Å². The van der Waals surface area contributed by atoms with Crippen molar-refractivity contribution in [1.29, 1.82) is 0 Å². The monoisotopic (exact) mass is 331 g/mol. The van der Waals surface area contributed by atoms with Gasteiger partial charge >= 0.3 is 0 Å². The molecule has 0 aliphatic heterocycles. The zero-order valence-corrected chi connectivity index (χ0v) is 14.5. The summed E-state index contributed by atoms with van der Waals surface area (Å²) in [6, 6.07) is 8.56. The molecule has 1 aliphatic carbocycles. The second-order valence-corrected chi connectivity index (χ2v) is 7.87. The van der Waals surface area contributed by atoms with Crippen LogP contribution in [0.25, 0.3) is 33.2 Å². The minimum atomic E-state index is 0.271. The van der Waals surface area contributed by atoms with E-state index in [1.807, 2.05) is 6.20 Å². The van der Waals surface area contributed by atoms with Crippen LogP contribution < -0.4 is 5.73 Å². The van der Waals surface area contributed by atoms with Crippen LogP contribution in [0.1, 0.15) is 31.4 Å². The van der Waals surface area contributed by atoms with Gasteiger partial charge in [0.15, 0.2) is 5.65 Å². The van der Waals surface area contributed by atoms with Gasteiger partial charge in [-0.2, -0.15) is 5.10 Å². The summed E-state index contributed by atoms with van der Waals surface area (Å²) < 4.78 is 0. The number of nitrogens with two attached hydrogens (primary N) is 1. The van der Waals surface area contributed by atoms with Crippen molar-refractivity contribution in [3.8, 4) is 11.3 Å². The van der Waals surface area contributed by atoms with Crippen molar-refractivity contribution in [3.05, 3.63) is 41.6 Å². The average Bonchev–Trinajstić information content (AvgIpc) is 3.19. The predicted molar refractivity (Wildman–Crippen MR) is 101 cm³/mol. The van der Waals surface area contributed by atoms with Crippen LogP contribution in [0.3, 0.4) is 0 Å². The summed E-state index contributed by atoms with van der Waals surface area (Å²) >= 11 is 0. The Morgan fingerprint density at radius 3 is 2.92 bits per heavy atom. The molecule has 0 spiro atoms. The van der Waals surface area contributed by atoms with Gasteiger partial charge in [0.1, 0.15) is 5.82 Å². The summed E-state index contributed by atoms with van der Waals surface area (Å²) in [5.41, 5.74) is 13.1. The first-order valence-electron chi connectivity index (χ1n) is 8.75. The number of aromatic amines is 2. The normalized spacial score (nSPS) is 16.4. The molecule has 4 aromatic rings. The number of benzene rings is 1. The van der Waals surface area contributed by atoms with E-state index in [9.17, 15) is 0 Å². The molecule has 0 unspecified atom stereocenters. The number of anilines is 1. The molecule has 0 fully saturated rings. The standard InChI is InChI=1S/C20H21N5/c1-20(2)7-5-13-14(10-20)16-18(21)24-25-19(16)23-17(13)12-3-4-15-11(9-12)6-8-22-15/h3-4,6,8-9,22H,5,7,10H2,1-2H3,(H3,21,23,24,25). The largest absolute Gasteiger partial charge is 0.384 e. The van der Waals surface area contributed by atoms with Gasteiger partial charge in [-0.3, -0.25) is 5.10 Å². The Labute approximate surface area is 145 Å². The lowest BCUT2D eigenvalue weighted by atomic mass is 9.73. The van der Waals surface area contributed by atoms with Gasteiger partial charge in [-0.1, -0.05) is 19.9 Å². The van der Waals surface area contributed by atoms with E-state index in [4.69, 9.17) is 10.7 Å². The number of pyridine rings is 1. The van der Waals surface area contributed by atoms with Crippen LogP contribution in [-0.4, -0.2) is 20.2 Å². The third-order valence-corrected chi connectivity index (χ3v) is 5.48. The smallest absolute Gasteiger partial charge is 0.183 e. The number of nitrogen functional groups attached to an aromatic ring is 1. The van der Waals surface area contributed by atoms with Gasteiger partial charge in [0.25, 0.3) is 0 Å². The highest BCUT2D eigenvalue weighted by molar-refractivity contribution is 5.94. The summed E-state index contributed by atoms with van der Waals surface area (Å²) in [6.07, 6.45) is 5.16. The number of nitrogens with zero attached hydrogens (tertiary/aromatic N) is 2. The molecule has 25 heavy (non-hydrogen) atoms. The molecular formula is C20H21N5. The minimum absolute atomic E-state index is 0.271. The highest BCUT2D eigenvalue weighted by atomic mass is 15.2. The number of hydrogen-bond donors (Lipinski definition) is 3. The van der Waals surface area contributed by atoms with Crippen LogP contribution in [0, 0.1) is 5.41 Å². The Hall–Kier alpha value is -2.82. The molecule has 5 nitrogen and oxygen atoms in total. The van der Waals surface area contributed by atoms with Crippen LogP contribution in [-0.2, 0) is 12.8 Å². The SMILES string of the molecule is CC1(C)CCc2c(-c3ccc4[nH]ccc4c3)nc3n[nH]c(N)c3c2C1. The summed E-state index contributed by atoms with van der Waals surface area (Å²) in [5, 5.41) is 9.47. The van der Waals surface area contributed by atoms with Gasteiger partial charge in [-0.25, -0.2) is 4.98 Å². The number of H-pyrrole nitrogens is 2. The van der Waals surface area contributed by atoms with E-state index in [1.54, 1.807) is 0 Å². The molecule has 0 bridgehead atoms. The molecule has 3 heterocycles. The van der Waals surface area contributed by atoms with Crippen molar-refractivity contribution in [2.75, 3.05) is 5.73 Å². The fourth-order valence-corrected chi connectivity index (χ4v) is 4.13. The number of fused-ring (bicyclic) bond motifs is 4. The first-order valence-corrected chi connectivity index (χ1v) is 8.75. The highest BCUT2D eigenvalue weighted by Gasteiger charge is 2.30. The first kappa shape index (κ1) is 14.5. The third kappa shape index (κ3) is 2.15. The quantitative estimate of drug-likeness (QED) is 0.489. The Bertz CT molecular complexity index is 1120. The summed E-state index contributed by atoms with van der Waals surface area (Å²) in [6.45, 7) is 4.65. The number of nitrogens with one attached hydrogen (secondary N) is 2. The fraction of sp³-hybridized carbons (Fsp3) is 0.300. The summed E-state index contributed by atoms with van der Waals surface area (Å²) in [4.78, 5) is 8.14. The molecule has 0 amide bonds. The van der Waals surface area contributed by atoms with E-state index in [1.165, 1.54) is 16.5 Å². The lowest BCUT2D eigenvalue weighted by Gasteiger charge is -2.32. The second kappa shape index (κ2) is 4.85. The topological polar surface area (TPSA) is 83.4 Å². The van der Waals surface area contributed by atoms with E-state index >= 15 is 0 Å². The van der Waals surface area contributed by atoms with E-state index in [0.29, 0.717) is 5.82 Å². The minimum Gasteiger partial charge on any atom is -0.384 e. The number of rotatable bonds is 1. The van der Waals surface area contributed by atoms with Crippen molar-refractivity contribution in [3.63, 3.8) is 0 Å². The fourth-order valence-electron chi connectivity index (χ4n) is 4.13. The predicted octanol–water partition coefficient (Wildman–Crippen LogP) is 4.20. The van der Waals surface area contributed by atoms with E-state index < -0.39 is 0 Å². The molecule has 126 valence electrons. The molecule has 4 N–H and O–H groups in total. The Morgan fingerprint density at radius 1 is 1.16 bits per heavy atom. The second-order valence-electron chi connectivity index (χ2n) is 7.87.